The summed E-state index contributed by atoms with van der Waals surface area (Å²) in [6, 6.07) is 6.51. The molecular formula is C18H18F3N3O3. The average Bonchev–Trinajstić information content (AvgIpc) is 2.67. The summed E-state index contributed by atoms with van der Waals surface area (Å²) in [6.07, 6.45) is -2.20. The first-order valence-corrected chi connectivity index (χ1v) is 8.37. The zero-order valence-corrected chi connectivity index (χ0v) is 14.6. The number of aromatic nitrogens is 2. The molecule has 1 aromatic heterocycles. The summed E-state index contributed by atoms with van der Waals surface area (Å²) in [4.78, 5) is 22.0. The van der Waals surface area contributed by atoms with Gasteiger partial charge in [0.1, 0.15) is 6.10 Å². The van der Waals surface area contributed by atoms with Crippen LogP contribution in [0.15, 0.2) is 36.5 Å². The molecule has 1 aliphatic rings. The number of ether oxygens (including phenoxy) is 2. The standard InChI is InChI=1S/C18H18F3N3O3/c1-26-17-22-9-8-15(23-17)27-12-5-4-10-24(11-12)16(25)13-6-2-3-7-14(13)18(19,20)21/h2-3,6-9,12H,4-5,10-11H2,1H3. The number of carbonyl (C=O) groups is 1. The maximum atomic E-state index is 13.2. The van der Waals surface area contributed by atoms with E-state index in [9.17, 15) is 18.0 Å². The van der Waals surface area contributed by atoms with Gasteiger partial charge in [-0.05, 0) is 25.0 Å². The number of piperidine rings is 1. The lowest BCUT2D eigenvalue weighted by Gasteiger charge is -2.33. The molecule has 6 nitrogen and oxygen atoms in total. The highest BCUT2D eigenvalue weighted by atomic mass is 19.4. The number of nitrogens with zero attached hydrogens (tertiary/aromatic N) is 3. The molecule has 1 unspecified atom stereocenters. The molecule has 0 bridgehead atoms. The van der Waals surface area contributed by atoms with Crippen LogP contribution in [0.5, 0.6) is 11.9 Å². The molecular weight excluding hydrogens is 363 g/mol. The van der Waals surface area contributed by atoms with Gasteiger partial charge < -0.3 is 14.4 Å². The van der Waals surface area contributed by atoms with E-state index >= 15 is 0 Å². The van der Waals surface area contributed by atoms with Crippen molar-refractivity contribution in [1.82, 2.24) is 14.9 Å². The average molecular weight is 381 g/mol. The summed E-state index contributed by atoms with van der Waals surface area (Å²) in [5.74, 6) is -0.367. The van der Waals surface area contributed by atoms with Gasteiger partial charge >= 0.3 is 12.2 Å². The quantitative estimate of drug-likeness (QED) is 0.814. The van der Waals surface area contributed by atoms with E-state index in [4.69, 9.17) is 9.47 Å². The first kappa shape index (κ1) is 18.9. The van der Waals surface area contributed by atoms with Gasteiger partial charge in [-0.1, -0.05) is 12.1 Å². The van der Waals surface area contributed by atoms with Gasteiger partial charge in [-0.25, -0.2) is 4.98 Å². The minimum atomic E-state index is -4.59. The number of alkyl halides is 3. The van der Waals surface area contributed by atoms with Crippen LogP contribution in [0.2, 0.25) is 0 Å². The Morgan fingerprint density at radius 3 is 2.78 bits per heavy atom. The van der Waals surface area contributed by atoms with Crippen molar-refractivity contribution in [3.05, 3.63) is 47.7 Å². The van der Waals surface area contributed by atoms with Crippen LogP contribution in [0.1, 0.15) is 28.8 Å². The van der Waals surface area contributed by atoms with Crippen molar-refractivity contribution < 1.29 is 27.4 Å². The minimum absolute atomic E-state index is 0.148. The fourth-order valence-corrected chi connectivity index (χ4v) is 2.97. The second-order valence-electron chi connectivity index (χ2n) is 6.06. The van der Waals surface area contributed by atoms with E-state index in [2.05, 4.69) is 9.97 Å². The van der Waals surface area contributed by atoms with Crippen molar-refractivity contribution in [2.75, 3.05) is 20.2 Å². The Morgan fingerprint density at radius 1 is 1.26 bits per heavy atom. The summed E-state index contributed by atoms with van der Waals surface area (Å²) in [6.45, 7) is 0.551. The molecule has 1 aliphatic heterocycles. The number of halogens is 3. The number of carbonyl (C=O) groups excluding carboxylic acids is 1. The maximum Gasteiger partial charge on any atom is 0.417 e. The Balaban J connectivity index is 1.74. The second kappa shape index (κ2) is 7.81. The predicted octanol–water partition coefficient (Wildman–Crippen LogP) is 3.19. The molecule has 3 rings (SSSR count). The van der Waals surface area contributed by atoms with Crippen LogP contribution in [0, 0.1) is 0 Å². The molecule has 2 heterocycles. The molecule has 0 N–H and O–H groups in total. The van der Waals surface area contributed by atoms with E-state index in [1.54, 1.807) is 6.07 Å². The molecule has 0 saturated carbocycles. The molecule has 2 aromatic rings. The van der Waals surface area contributed by atoms with Crippen LogP contribution in [-0.2, 0) is 6.18 Å². The number of benzene rings is 1. The highest BCUT2D eigenvalue weighted by Crippen LogP contribution is 2.32. The van der Waals surface area contributed by atoms with Crippen molar-refractivity contribution in [2.24, 2.45) is 0 Å². The topological polar surface area (TPSA) is 64.6 Å². The van der Waals surface area contributed by atoms with E-state index in [-0.39, 0.29) is 30.1 Å². The largest absolute Gasteiger partial charge is 0.472 e. The van der Waals surface area contributed by atoms with Gasteiger partial charge in [-0.15, -0.1) is 0 Å². The van der Waals surface area contributed by atoms with E-state index < -0.39 is 17.6 Å². The van der Waals surface area contributed by atoms with Gasteiger partial charge in [0, 0.05) is 18.8 Å². The molecule has 1 atom stereocenters. The molecule has 0 spiro atoms. The van der Waals surface area contributed by atoms with Crippen molar-refractivity contribution in [3.63, 3.8) is 0 Å². The number of amides is 1. The maximum absolute atomic E-state index is 13.2. The van der Waals surface area contributed by atoms with Gasteiger partial charge in [0.25, 0.3) is 5.91 Å². The summed E-state index contributed by atoms with van der Waals surface area (Å²) in [7, 11) is 1.43. The number of hydrogen-bond acceptors (Lipinski definition) is 5. The predicted molar refractivity (Wildman–Crippen MR) is 89.6 cm³/mol. The minimum Gasteiger partial charge on any atom is -0.472 e. The molecule has 1 amide bonds. The van der Waals surface area contributed by atoms with Crippen LogP contribution < -0.4 is 9.47 Å². The Morgan fingerprint density at radius 2 is 2.04 bits per heavy atom. The highest BCUT2D eigenvalue weighted by Gasteiger charge is 2.36. The molecule has 144 valence electrons. The van der Waals surface area contributed by atoms with Crippen molar-refractivity contribution >= 4 is 5.91 Å². The fraction of sp³-hybridized carbons (Fsp3) is 0.389. The van der Waals surface area contributed by atoms with Crippen LogP contribution in [0.3, 0.4) is 0 Å². The van der Waals surface area contributed by atoms with E-state index in [1.807, 2.05) is 0 Å². The molecule has 27 heavy (non-hydrogen) atoms. The van der Waals surface area contributed by atoms with Gasteiger partial charge in [0.2, 0.25) is 5.88 Å². The number of likely N-dealkylation sites (tertiary alicyclic amines) is 1. The molecule has 1 saturated heterocycles. The first-order valence-electron chi connectivity index (χ1n) is 8.37. The Hall–Kier alpha value is -2.84. The zero-order chi connectivity index (χ0) is 19.4. The number of methoxy groups -OCH3 is 1. The third-order valence-electron chi connectivity index (χ3n) is 4.21. The normalized spacial score (nSPS) is 17.5. The van der Waals surface area contributed by atoms with Crippen LogP contribution in [-0.4, -0.2) is 47.1 Å². The molecule has 0 radical (unpaired) electrons. The van der Waals surface area contributed by atoms with Crippen molar-refractivity contribution in [2.45, 2.75) is 25.1 Å². The highest BCUT2D eigenvalue weighted by molar-refractivity contribution is 5.96. The Kier molecular flexibility index (Phi) is 5.48. The molecule has 1 fully saturated rings. The Labute approximate surface area is 153 Å². The van der Waals surface area contributed by atoms with Gasteiger partial charge in [-0.2, -0.15) is 18.2 Å². The van der Waals surface area contributed by atoms with Crippen LogP contribution >= 0.6 is 0 Å². The lowest BCUT2D eigenvalue weighted by atomic mass is 10.0. The van der Waals surface area contributed by atoms with Gasteiger partial charge in [0.05, 0.1) is 24.8 Å². The molecule has 1 aromatic carbocycles. The second-order valence-corrected chi connectivity index (χ2v) is 6.06. The van der Waals surface area contributed by atoms with Gasteiger partial charge in [0.15, 0.2) is 0 Å². The van der Waals surface area contributed by atoms with Gasteiger partial charge in [-0.3, -0.25) is 4.79 Å². The Bertz CT molecular complexity index is 814. The summed E-state index contributed by atoms with van der Waals surface area (Å²) in [5.41, 5.74) is -1.28. The lowest BCUT2D eigenvalue weighted by Crippen LogP contribution is -2.44. The third-order valence-corrected chi connectivity index (χ3v) is 4.21. The fourth-order valence-electron chi connectivity index (χ4n) is 2.97. The van der Waals surface area contributed by atoms with Crippen LogP contribution in [0.4, 0.5) is 13.2 Å². The SMILES string of the molecule is COc1nccc(OC2CCCN(C(=O)c3ccccc3C(F)(F)F)C2)n1. The number of hydrogen-bond donors (Lipinski definition) is 0. The molecule has 0 aliphatic carbocycles. The van der Waals surface area contributed by atoms with Crippen molar-refractivity contribution in [1.29, 1.82) is 0 Å². The monoisotopic (exact) mass is 381 g/mol. The third kappa shape index (κ3) is 4.47. The van der Waals surface area contributed by atoms with Crippen LogP contribution in [0.25, 0.3) is 0 Å². The smallest absolute Gasteiger partial charge is 0.417 e. The van der Waals surface area contributed by atoms with E-state index in [1.165, 1.54) is 36.4 Å². The van der Waals surface area contributed by atoms with Crippen molar-refractivity contribution in [3.8, 4) is 11.9 Å². The summed E-state index contributed by atoms with van der Waals surface area (Å²) in [5, 5.41) is 0. The van der Waals surface area contributed by atoms with E-state index in [0.29, 0.717) is 19.4 Å². The van der Waals surface area contributed by atoms with E-state index in [0.717, 1.165) is 6.07 Å². The number of rotatable bonds is 4. The molecule has 9 heteroatoms. The zero-order valence-electron chi connectivity index (χ0n) is 14.6. The summed E-state index contributed by atoms with van der Waals surface area (Å²) >= 11 is 0. The first-order chi connectivity index (χ1) is 12.9. The summed E-state index contributed by atoms with van der Waals surface area (Å²) < 4.78 is 50.3. The lowest BCUT2D eigenvalue weighted by molar-refractivity contribution is -0.138.